The van der Waals surface area contributed by atoms with Crippen LogP contribution in [0.4, 0.5) is 0 Å². The van der Waals surface area contributed by atoms with Crippen molar-refractivity contribution in [2.75, 3.05) is 6.61 Å². The van der Waals surface area contributed by atoms with Gasteiger partial charge >= 0.3 is 0 Å². The van der Waals surface area contributed by atoms with Crippen LogP contribution >= 0.6 is 0 Å². The van der Waals surface area contributed by atoms with Gasteiger partial charge in [-0.2, -0.15) is 0 Å². The zero-order valence-corrected chi connectivity index (χ0v) is 17.2. The molecule has 0 saturated carbocycles. The molecule has 3 rings (SSSR count). The zero-order chi connectivity index (χ0) is 19.3. The van der Waals surface area contributed by atoms with Crippen molar-refractivity contribution in [3.63, 3.8) is 0 Å². The first-order valence-electron chi connectivity index (χ1n) is 9.22. The summed E-state index contributed by atoms with van der Waals surface area (Å²) in [4.78, 5) is 15.6. The second-order valence-electron chi connectivity index (χ2n) is 7.84. The number of aldehydes is 1. The van der Waals surface area contributed by atoms with E-state index in [2.05, 4.69) is 61.0 Å². The van der Waals surface area contributed by atoms with E-state index in [1.165, 1.54) is 5.56 Å². The Morgan fingerprint density at radius 3 is 2.22 bits per heavy atom. The molecule has 4 nitrogen and oxygen atoms in total. The lowest BCUT2D eigenvalue weighted by atomic mass is 10.0. The molecule has 0 saturated heterocycles. The fourth-order valence-electron chi connectivity index (χ4n) is 2.85. The maximum Gasteiger partial charge on any atom is 0.185 e. The minimum atomic E-state index is -1.14. The molecule has 3 aromatic rings. The van der Waals surface area contributed by atoms with Gasteiger partial charge in [0.15, 0.2) is 12.1 Å². The number of carbonyl (C=O) groups excluding carboxylic acids is 1. The highest BCUT2D eigenvalue weighted by atomic mass is 28.3. The van der Waals surface area contributed by atoms with Gasteiger partial charge in [-0.15, -0.1) is 0 Å². The minimum absolute atomic E-state index is 0.342. The van der Waals surface area contributed by atoms with Crippen molar-refractivity contribution < 1.29 is 9.53 Å². The number of nitrogens with zero attached hydrogens (tertiary/aromatic N) is 2. The molecule has 0 bridgehead atoms. The first kappa shape index (κ1) is 19.3. The fraction of sp³-hybridized carbons (Fsp3) is 0.273. The molecule has 27 heavy (non-hydrogen) atoms. The Morgan fingerprint density at radius 2 is 1.59 bits per heavy atom. The molecular weight excluding hydrogens is 352 g/mol. The van der Waals surface area contributed by atoms with Crippen LogP contribution in [0.2, 0.25) is 25.7 Å². The molecule has 0 unspecified atom stereocenters. The molecule has 0 aliphatic carbocycles. The third-order valence-electron chi connectivity index (χ3n) is 4.50. The summed E-state index contributed by atoms with van der Waals surface area (Å²) in [7, 11) is -1.14. The lowest BCUT2D eigenvalue weighted by molar-refractivity contribution is 0.0841. The van der Waals surface area contributed by atoms with Crippen LogP contribution in [0, 0.1) is 0 Å². The standard InChI is InChI=1S/C22H26N2O2Si/c1-27(2,3)14-13-26-17-24-21(15-23-22(24)16-25)20-11-9-19(10-12-20)18-7-5-4-6-8-18/h4-12,15-16H,13-14,17H2,1-3H3. The highest BCUT2D eigenvalue weighted by molar-refractivity contribution is 6.76. The van der Waals surface area contributed by atoms with Crippen LogP contribution in [0.25, 0.3) is 22.4 Å². The van der Waals surface area contributed by atoms with Crippen LogP contribution in [-0.2, 0) is 11.5 Å². The smallest absolute Gasteiger partial charge is 0.185 e. The lowest BCUT2D eigenvalue weighted by Gasteiger charge is -2.16. The Bertz CT molecular complexity index is 881. The number of aromatic nitrogens is 2. The molecule has 0 spiro atoms. The van der Waals surface area contributed by atoms with E-state index in [9.17, 15) is 4.79 Å². The van der Waals surface area contributed by atoms with Gasteiger partial charge in [0, 0.05) is 14.7 Å². The average molecular weight is 379 g/mol. The van der Waals surface area contributed by atoms with Crippen molar-refractivity contribution in [2.24, 2.45) is 0 Å². The van der Waals surface area contributed by atoms with Gasteiger partial charge in [-0.3, -0.25) is 9.36 Å². The second kappa shape index (κ2) is 8.46. The van der Waals surface area contributed by atoms with Gasteiger partial charge in [0.05, 0.1) is 11.9 Å². The first-order chi connectivity index (χ1) is 13.0. The van der Waals surface area contributed by atoms with Crippen molar-refractivity contribution in [3.8, 4) is 22.4 Å². The summed E-state index contributed by atoms with van der Waals surface area (Å²) in [6.07, 6.45) is 2.52. The normalized spacial score (nSPS) is 11.5. The quantitative estimate of drug-likeness (QED) is 0.302. The number of benzene rings is 2. The Morgan fingerprint density at radius 1 is 0.963 bits per heavy atom. The monoisotopic (exact) mass is 378 g/mol. The van der Waals surface area contributed by atoms with Gasteiger partial charge in [-0.05, 0) is 22.7 Å². The zero-order valence-electron chi connectivity index (χ0n) is 16.2. The molecule has 5 heteroatoms. The Balaban J connectivity index is 1.78. The second-order valence-corrected chi connectivity index (χ2v) is 13.5. The molecule has 0 amide bonds. The summed E-state index contributed by atoms with van der Waals surface area (Å²) in [6, 6.07) is 19.7. The topological polar surface area (TPSA) is 44.1 Å². The van der Waals surface area contributed by atoms with E-state index >= 15 is 0 Å². The van der Waals surface area contributed by atoms with E-state index in [0.29, 0.717) is 19.2 Å². The number of hydrogen-bond acceptors (Lipinski definition) is 3. The van der Waals surface area contributed by atoms with Crippen molar-refractivity contribution in [2.45, 2.75) is 32.4 Å². The van der Waals surface area contributed by atoms with Crippen molar-refractivity contribution in [1.82, 2.24) is 9.55 Å². The molecular formula is C22H26N2O2Si. The average Bonchev–Trinajstić information content (AvgIpc) is 3.08. The van der Waals surface area contributed by atoms with Crippen molar-refractivity contribution in [1.29, 1.82) is 0 Å². The number of carbonyl (C=O) groups is 1. The first-order valence-corrected chi connectivity index (χ1v) is 12.9. The number of hydrogen-bond donors (Lipinski definition) is 0. The third kappa shape index (κ3) is 5.02. The Hall–Kier alpha value is -2.50. The Kier molecular flexibility index (Phi) is 6.03. The fourth-order valence-corrected chi connectivity index (χ4v) is 3.61. The summed E-state index contributed by atoms with van der Waals surface area (Å²) in [6.45, 7) is 8.02. The van der Waals surface area contributed by atoms with E-state index in [0.717, 1.165) is 29.2 Å². The van der Waals surface area contributed by atoms with Crippen molar-refractivity contribution >= 4 is 14.4 Å². The van der Waals surface area contributed by atoms with Gasteiger partial charge in [-0.25, -0.2) is 4.98 Å². The molecule has 1 aromatic heterocycles. The van der Waals surface area contributed by atoms with Gasteiger partial charge < -0.3 is 4.74 Å². The van der Waals surface area contributed by atoms with Crippen molar-refractivity contribution in [3.05, 3.63) is 66.6 Å². The number of ether oxygens (including phenoxy) is 1. The third-order valence-corrected chi connectivity index (χ3v) is 6.20. The van der Waals surface area contributed by atoms with Crippen LogP contribution < -0.4 is 0 Å². The van der Waals surface area contributed by atoms with Crippen LogP contribution in [0.3, 0.4) is 0 Å². The van der Waals surface area contributed by atoms with Crippen LogP contribution in [0.5, 0.6) is 0 Å². The van der Waals surface area contributed by atoms with Crippen LogP contribution in [0.15, 0.2) is 60.8 Å². The van der Waals surface area contributed by atoms with E-state index in [-0.39, 0.29) is 0 Å². The predicted molar refractivity (Wildman–Crippen MR) is 113 cm³/mol. The predicted octanol–water partition coefficient (Wildman–Crippen LogP) is 5.34. The highest BCUT2D eigenvalue weighted by Gasteiger charge is 2.14. The van der Waals surface area contributed by atoms with E-state index in [1.54, 1.807) is 6.20 Å². The van der Waals surface area contributed by atoms with Crippen LogP contribution in [-0.4, -0.2) is 30.5 Å². The summed E-state index contributed by atoms with van der Waals surface area (Å²) >= 11 is 0. The molecule has 0 aliphatic rings. The molecule has 1 heterocycles. The molecule has 2 aromatic carbocycles. The number of rotatable bonds is 8. The SMILES string of the molecule is C[Si](C)(C)CCOCn1c(-c2ccc(-c3ccccc3)cc2)cnc1C=O. The van der Waals surface area contributed by atoms with E-state index in [1.807, 2.05) is 22.8 Å². The summed E-state index contributed by atoms with van der Waals surface area (Å²) < 4.78 is 7.69. The summed E-state index contributed by atoms with van der Waals surface area (Å²) in [5.41, 5.74) is 4.25. The molecule has 0 N–H and O–H groups in total. The Labute approximate surface area is 161 Å². The summed E-state index contributed by atoms with van der Waals surface area (Å²) in [5.74, 6) is 0.394. The highest BCUT2D eigenvalue weighted by Crippen LogP contribution is 2.25. The van der Waals surface area contributed by atoms with E-state index in [4.69, 9.17) is 4.74 Å². The maximum absolute atomic E-state index is 11.4. The van der Waals surface area contributed by atoms with Gasteiger partial charge in [0.2, 0.25) is 0 Å². The largest absolute Gasteiger partial charge is 0.361 e. The number of imidazole rings is 1. The van der Waals surface area contributed by atoms with Gasteiger partial charge in [0.1, 0.15) is 6.73 Å². The van der Waals surface area contributed by atoms with Gasteiger partial charge in [-0.1, -0.05) is 74.2 Å². The molecule has 0 aliphatic heterocycles. The van der Waals surface area contributed by atoms with Crippen LogP contribution in [0.1, 0.15) is 10.6 Å². The lowest BCUT2D eigenvalue weighted by Crippen LogP contribution is -2.22. The maximum atomic E-state index is 11.4. The minimum Gasteiger partial charge on any atom is -0.361 e. The molecule has 0 atom stereocenters. The molecule has 0 radical (unpaired) electrons. The molecule has 0 fully saturated rings. The molecule has 140 valence electrons. The van der Waals surface area contributed by atoms with E-state index < -0.39 is 8.07 Å². The summed E-state index contributed by atoms with van der Waals surface area (Å²) in [5, 5.41) is 0. The van der Waals surface area contributed by atoms with Gasteiger partial charge in [0.25, 0.3) is 0 Å².